The Morgan fingerprint density at radius 3 is 2.60 bits per heavy atom. The van der Waals surface area contributed by atoms with Gasteiger partial charge in [0.2, 0.25) is 0 Å². The lowest BCUT2D eigenvalue weighted by Crippen LogP contribution is -2.43. The van der Waals surface area contributed by atoms with Gasteiger partial charge in [-0.1, -0.05) is 43.5 Å². The number of fused-ring (bicyclic) bond motifs is 1. The molecule has 0 saturated heterocycles. The summed E-state index contributed by atoms with van der Waals surface area (Å²) >= 11 is 5.69. The summed E-state index contributed by atoms with van der Waals surface area (Å²) in [6.07, 6.45) is 3.17. The first-order valence-electron chi connectivity index (χ1n) is 10.2. The van der Waals surface area contributed by atoms with Gasteiger partial charge in [-0.15, -0.1) is 0 Å². The van der Waals surface area contributed by atoms with Crippen molar-refractivity contribution in [1.82, 2.24) is 9.88 Å². The van der Waals surface area contributed by atoms with Crippen molar-refractivity contribution in [1.29, 1.82) is 0 Å². The van der Waals surface area contributed by atoms with Crippen molar-refractivity contribution in [2.24, 2.45) is 0 Å². The van der Waals surface area contributed by atoms with Gasteiger partial charge in [-0.3, -0.25) is 0 Å². The molecule has 2 aromatic carbocycles. The number of alkyl halides is 3. The van der Waals surface area contributed by atoms with Gasteiger partial charge in [0, 0.05) is 35.4 Å². The molecule has 7 heteroatoms. The summed E-state index contributed by atoms with van der Waals surface area (Å²) in [4.78, 5) is 5.44. The van der Waals surface area contributed by atoms with Crippen LogP contribution in [0.3, 0.4) is 0 Å². The number of H-pyrrole nitrogens is 1. The monoisotopic (exact) mass is 431 g/mol. The molecule has 1 fully saturated rings. The fourth-order valence-electron chi connectivity index (χ4n) is 4.17. The fourth-order valence-corrected chi connectivity index (χ4v) is 4.51. The third kappa shape index (κ3) is 4.61. The smallest absolute Gasteiger partial charge is 0.361 e. The average molecular weight is 432 g/mol. The van der Waals surface area contributed by atoms with Crippen LogP contribution < -0.4 is 5.32 Å². The molecule has 0 atom stereocenters. The number of hydrogen-bond acceptors (Lipinski definition) is 1. The third-order valence-corrected chi connectivity index (χ3v) is 6.07. The number of anilines is 1. The number of hydrogen-bond donors (Lipinski definition) is 2. The van der Waals surface area contributed by atoms with Crippen LogP contribution in [0.25, 0.3) is 10.9 Å². The Labute approximate surface area is 179 Å². The molecule has 0 bridgehead atoms. The van der Waals surface area contributed by atoms with E-state index in [2.05, 4.69) is 21.3 Å². The Balaban J connectivity index is 1.58. The highest BCUT2D eigenvalue weighted by molar-refractivity contribution is 7.80. The van der Waals surface area contributed by atoms with Crippen LogP contribution >= 0.6 is 12.2 Å². The predicted molar refractivity (Wildman–Crippen MR) is 118 cm³/mol. The van der Waals surface area contributed by atoms with Gasteiger partial charge >= 0.3 is 6.18 Å². The maximum atomic E-state index is 13.1. The molecule has 1 aliphatic rings. The number of benzene rings is 2. The number of para-hydroxylation sites is 1. The van der Waals surface area contributed by atoms with Crippen LogP contribution in [0.4, 0.5) is 18.9 Å². The van der Waals surface area contributed by atoms with Gasteiger partial charge in [-0.2, -0.15) is 13.2 Å². The SMILES string of the molecule is FC(F)(F)c1cccc(NC(=S)N(Cc2c[nH]c3ccccc23)C2CCCCC2)c1. The minimum atomic E-state index is -4.38. The molecule has 0 spiro atoms. The maximum absolute atomic E-state index is 13.1. The summed E-state index contributed by atoms with van der Waals surface area (Å²) in [6, 6.07) is 13.6. The van der Waals surface area contributed by atoms with Crippen molar-refractivity contribution in [3.05, 3.63) is 65.9 Å². The lowest BCUT2D eigenvalue weighted by atomic mass is 9.94. The highest BCUT2D eigenvalue weighted by atomic mass is 32.1. The molecular formula is C23H24F3N3S. The number of aromatic amines is 1. The van der Waals surface area contributed by atoms with E-state index < -0.39 is 11.7 Å². The van der Waals surface area contributed by atoms with Crippen LogP contribution in [0.15, 0.2) is 54.7 Å². The largest absolute Gasteiger partial charge is 0.416 e. The molecule has 158 valence electrons. The molecule has 30 heavy (non-hydrogen) atoms. The number of nitrogens with one attached hydrogen (secondary N) is 2. The first kappa shape index (κ1) is 20.7. The van der Waals surface area contributed by atoms with E-state index in [0.29, 0.717) is 17.3 Å². The number of thiocarbonyl (C=S) groups is 1. The van der Waals surface area contributed by atoms with E-state index in [-0.39, 0.29) is 6.04 Å². The highest BCUT2D eigenvalue weighted by Gasteiger charge is 2.31. The van der Waals surface area contributed by atoms with Crippen LogP contribution in [-0.2, 0) is 12.7 Å². The molecule has 3 nitrogen and oxygen atoms in total. The molecule has 0 unspecified atom stereocenters. The van der Waals surface area contributed by atoms with Crippen molar-refractivity contribution in [2.45, 2.75) is 50.9 Å². The van der Waals surface area contributed by atoms with E-state index in [9.17, 15) is 13.2 Å². The van der Waals surface area contributed by atoms with Crippen molar-refractivity contribution < 1.29 is 13.2 Å². The minimum absolute atomic E-state index is 0.276. The lowest BCUT2D eigenvalue weighted by molar-refractivity contribution is -0.137. The molecule has 1 saturated carbocycles. The summed E-state index contributed by atoms with van der Waals surface area (Å²) in [5.41, 5.74) is 1.86. The maximum Gasteiger partial charge on any atom is 0.416 e. The zero-order chi connectivity index (χ0) is 21.1. The van der Waals surface area contributed by atoms with Gasteiger partial charge in [-0.25, -0.2) is 0 Å². The molecule has 2 N–H and O–H groups in total. The highest BCUT2D eigenvalue weighted by Crippen LogP contribution is 2.31. The summed E-state index contributed by atoms with van der Waals surface area (Å²) in [5, 5.41) is 4.66. The third-order valence-electron chi connectivity index (χ3n) is 5.73. The van der Waals surface area contributed by atoms with Crippen molar-refractivity contribution >= 4 is 33.9 Å². The molecule has 4 rings (SSSR count). The molecule has 1 heterocycles. The van der Waals surface area contributed by atoms with Gasteiger partial charge in [0.15, 0.2) is 5.11 Å². The number of rotatable bonds is 4. The first-order valence-corrected chi connectivity index (χ1v) is 10.6. The normalized spacial score (nSPS) is 15.3. The summed E-state index contributed by atoms with van der Waals surface area (Å²) in [7, 11) is 0. The van der Waals surface area contributed by atoms with Gasteiger partial charge in [0.05, 0.1) is 5.56 Å². The summed E-state index contributed by atoms with van der Waals surface area (Å²) < 4.78 is 39.2. The lowest BCUT2D eigenvalue weighted by Gasteiger charge is -2.36. The van der Waals surface area contributed by atoms with Crippen LogP contribution in [0, 0.1) is 0 Å². The van der Waals surface area contributed by atoms with Crippen LogP contribution in [-0.4, -0.2) is 21.0 Å². The Morgan fingerprint density at radius 2 is 1.83 bits per heavy atom. The van der Waals surface area contributed by atoms with Crippen molar-refractivity contribution in [2.75, 3.05) is 5.32 Å². The zero-order valence-electron chi connectivity index (χ0n) is 16.5. The minimum Gasteiger partial charge on any atom is -0.361 e. The van der Waals surface area contributed by atoms with Gasteiger partial charge in [0.1, 0.15) is 0 Å². The fraction of sp³-hybridized carbons (Fsp3) is 0.348. The van der Waals surface area contributed by atoms with Gasteiger partial charge in [0.25, 0.3) is 0 Å². The quantitative estimate of drug-likeness (QED) is 0.450. The standard InChI is InChI=1S/C23H24F3N3S/c24-23(25,26)17-7-6-8-18(13-17)28-22(30)29(19-9-2-1-3-10-19)15-16-14-27-21-12-5-4-11-20(16)21/h4-8,11-14,19,27H,1-3,9-10,15H2,(H,28,30). The second-order valence-corrected chi connectivity index (χ2v) is 8.17. The van der Waals surface area contributed by atoms with Crippen molar-refractivity contribution in [3.63, 3.8) is 0 Å². The topological polar surface area (TPSA) is 31.1 Å². The van der Waals surface area contributed by atoms with Crippen LogP contribution in [0.2, 0.25) is 0 Å². The molecule has 0 radical (unpaired) electrons. The Bertz CT molecular complexity index is 1020. The number of halogens is 3. The van der Waals surface area contributed by atoms with Crippen LogP contribution in [0.5, 0.6) is 0 Å². The molecule has 1 aromatic heterocycles. The van der Waals surface area contributed by atoms with E-state index >= 15 is 0 Å². The van der Waals surface area contributed by atoms with Crippen LogP contribution in [0.1, 0.15) is 43.2 Å². The Morgan fingerprint density at radius 1 is 1.07 bits per heavy atom. The van der Waals surface area contributed by atoms with E-state index in [0.717, 1.165) is 54.3 Å². The van der Waals surface area contributed by atoms with E-state index in [1.807, 2.05) is 24.4 Å². The number of nitrogens with zero attached hydrogens (tertiary/aromatic N) is 1. The van der Waals surface area contributed by atoms with Crippen molar-refractivity contribution in [3.8, 4) is 0 Å². The predicted octanol–water partition coefficient (Wildman–Crippen LogP) is 6.72. The summed E-state index contributed by atoms with van der Waals surface area (Å²) in [5.74, 6) is 0. The Kier molecular flexibility index (Phi) is 5.99. The zero-order valence-corrected chi connectivity index (χ0v) is 17.3. The molecular weight excluding hydrogens is 407 g/mol. The van der Waals surface area contributed by atoms with E-state index in [4.69, 9.17) is 12.2 Å². The molecule has 1 aliphatic carbocycles. The molecule has 0 amide bonds. The molecule has 0 aliphatic heterocycles. The molecule has 3 aromatic rings. The van der Waals surface area contributed by atoms with Gasteiger partial charge < -0.3 is 15.2 Å². The van der Waals surface area contributed by atoms with E-state index in [1.165, 1.54) is 12.5 Å². The average Bonchev–Trinajstić information content (AvgIpc) is 3.15. The first-order chi connectivity index (χ1) is 14.4. The summed E-state index contributed by atoms with van der Waals surface area (Å²) in [6.45, 7) is 0.611. The number of aromatic nitrogens is 1. The second kappa shape index (κ2) is 8.68. The van der Waals surface area contributed by atoms with Gasteiger partial charge in [-0.05, 0) is 54.9 Å². The Hall–Kier alpha value is -2.54. The second-order valence-electron chi connectivity index (χ2n) is 7.79. The van der Waals surface area contributed by atoms with E-state index in [1.54, 1.807) is 6.07 Å².